The molecule has 2 nitrogen and oxygen atoms in total. The van der Waals surface area contributed by atoms with E-state index in [4.69, 9.17) is 11.6 Å². The molecule has 0 aliphatic rings. The van der Waals surface area contributed by atoms with Crippen LogP contribution >= 0.6 is 23.4 Å². The molecule has 0 heterocycles. The van der Waals surface area contributed by atoms with Crippen molar-refractivity contribution in [2.45, 2.75) is 5.75 Å². The topological polar surface area (TPSA) is 29.1 Å². The second-order valence-electron chi connectivity index (χ2n) is 4.82. The third-order valence-corrected chi connectivity index (χ3v) is 4.43. The van der Waals surface area contributed by atoms with E-state index >= 15 is 0 Å². The van der Waals surface area contributed by atoms with Gasteiger partial charge in [-0.05, 0) is 35.4 Å². The molecule has 120 valence electrons. The Hall–Kier alpha value is -1.78. The Balaban J connectivity index is 1.65. The number of hydrogen-bond donors (Lipinski definition) is 1. The Kier molecular flexibility index (Phi) is 7.17. The summed E-state index contributed by atoms with van der Waals surface area (Å²) in [7, 11) is 0. The molecular formula is C18H17ClFNOS. The molecule has 0 fully saturated rings. The molecule has 1 N–H and O–H groups in total. The molecule has 2 rings (SSSR count). The van der Waals surface area contributed by atoms with E-state index in [0.29, 0.717) is 6.54 Å². The van der Waals surface area contributed by atoms with Crippen LogP contribution in [0.5, 0.6) is 0 Å². The summed E-state index contributed by atoms with van der Waals surface area (Å²) in [5.41, 5.74) is 1.89. The van der Waals surface area contributed by atoms with Gasteiger partial charge in [-0.3, -0.25) is 4.79 Å². The molecule has 1 amide bonds. The average Bonchev–Trinajstić information content (AvgIpc) is 2.55. The van der Waals surface area contributed by atoms with E-state index in [9.17, 15) is 9.18 Å². The first-order chi connectivity index (χ1) is 11.1. The van der Waals surface area contributed by atoms with Gasteiger partial charge in [-0.1, -0.05) is 41.9 Å². The van der Waals surface area contributed by atoms with E-state index in [-0.39, 0.29) is 11.7 Å². The number of halogens is 2. The van der Waals surface area contributed by atoms with Gasteiger partial charge in [0.05, 0.1) is 0 Å². The Morgan fingerprint density at radius 2 is 1.91 bits per heavy atom. The van der Waals surface area contributed by atoms with Crippen LogP contribution < -0.4 is 5.32 Å². The lowest BCUT2D eigenvalue weighted by Gasteiger charge is -2.04. The maximum absolute atomic E-state index is 12.8. The number of benzene rings is 2. The van der Waals surface area contributed by atoms with Gasteiger partial charge in [-0.2, -0.15) is 11.8 Å². The first-order valence-corrected chi connectivity index (χ1v) is 8.71. The van der Waals surface area contributed by atoms with Crippen molar-refractivity contribution in [3.63, 3.8) is 0 Å². The highest BCUT2D eigenvalue weighted by Gasteiger charge is 2.00. The van der Waals surface area contributed by atoms with Crippen LogP contribution in [-0.2, 0) is 10.5 Å². The van der Waals surface area contributed by atoms with Gasteiger partial charge in [-0.15, -0.1) is 0 Å². The van der Waals surface area contributed by atoms with Crippen LogP contribution in [0.25, 0.3) is 6.08 Å². The fourth-order valence-corrected chi connectivity index (χ4v) is 2.99. The summed E-state index contributed by atoms with van der Waals surface area (Å²) in [5.74, 6) is 1.18. The highest BCUT2D eigenvalue weighted by atomic mass is 35.5. The van der Waals surface area contributed by atoms with Gasteiger partial charge < -0.3 is 5.32 Å². The minimum absolute atomic E-state index is 0.160. The van der Waals surface area contributed by atoms with Crippen molar-refractivity contribution in [3.8, 4) is 0 Å². The van der Waals surface area contributed by atoms with E-state index in [0.717, 1.165) is 27.7 Å². The molecule has 0 aromatic heterocycles. The van der Waals surface area contributed by atoms with Crippen molar-refractivity contribution < 1.29 is 9.18 Å². The van der Waals surface area contributed by atoms with Gasteiger partial charge >= 0.3 is 0 Å². The Morgan fingerprint density at radius 1 is 1.17 bits per heavy atom. The Bertz CT molecular complexity index is 673. The number of rotatable bonds is 7. The monoisotopic (exact) mass is 349 g/mol. The number of carbonyl (C=O) groups excluding carboxylic acids is 1. The van der Waals surface area contributed by atoms with Crippen molar-refractivity contribution in [3.05, 3.63) is 76.6 Å². The zero-order valence-electron chi connectivity index (χ0n) is 12.5. The van der Waals surface area contributed by atoms with Gasteiger partial charge in [0, 0.05) is 29.1 Å². The summed E-state index contributed by atoms with van der Waals surface area (Å²) in [6.45, 7) is 0.585. The smallest absolute Gasteiger partial charge is 0.244 e. The van der Waals surface area contributed by atoms with E-state index in [1.807, 2.05) is 24.3 Å². The second kappa shape index (κ2) is 9.38. The van der Waals surface area contributed by atoms with Crippen LogP contribution in [-0.4, -0.2) is 18.2 Å². The summed E-state index contributed by atoms with van der Waals surface area (Å²) in [6.07, 6.45) is 3.11. The molecule has 0 unspecified atom stereocenters. The normalized spacial score (nSPS) is 10.9. The predicted octanol–water partition coefficient (Wildman–Crippen LogP) is 4.54. The zero-order valence-corrected chi connectivity index (χ0v) is 14.0. The van der Waals surface area contributed by atoms with Crippen molar-refractivity contribution >= 4 is 35.3 Å². The van der Waals surface area contributed by atoms with Gasteiger partial charge in [0.1, 0.15) is 5.82 Å². The lowest BCUT2D eigenvalue weighted by atomic mass is 10.2. The SMILES string of the molecule is O=C(C=Cc1ccc(F)cc1)NCCSCc1ccccc1Cl. The molecule has 0 spiro atoms. The Morgan fingerprint density at radius 3 is 2.65 bits per heavy atom. The number of amides is 1. The molecule has 23 heavy (non-hydrogen) atoms. The van der Waals surface area contributed by atoms with Crippen LogP contribution in [0, 0.1) is 5.82 Å². The van der Waals surface area contributed by atoms with E-state index in [1.54, 1.807) is 30.0 Å². The summed E-state index contributed by atoms with van der Waals surface area (Å²) in [5, 5.41) is 3.58. The van der Waals surface area contributed by atoms with Gasteiger partial charge in [0.2, 0.25) is 5.91 Å². The lowest BCUT2D eigenvalue weighted by molar-refractivity contribution is -0.116. The number of nitrogens with one attached hydrogen (secondary N) is 1. The first kappa shape index (κ1) is 17.6. The van der Waals surface area contributed by atoms with Crippen molar-refractivity contribution in [2.75, 3.05) is 12.3 Å². The van der Waals surface area contributed by atoms with E-state index in [2.05, 4.69) is 5.32 Å². The second-order valence-corrected chi connectivity index (χ2v) is 6.33. The molecule has 0 radical (unpaired) electrons. The molecule has 0 saturated heterocycles. The third-order valence-electron chi connectivity index (χ3n) is 3.06. The lowest BCUT2D eigenvalue weighted by Crippen LogP contribution is -2.23. The fourth-order valence-electron chi connectivity index (χ4n) is 1.85. The quantitative estimate of drug-likeness (QED) is 0.587. The summed E-state index contributed by atoms with van der Waals surface area (Å²) >= 11 is 7.79. The minimum Gasteiger partial charge on any atom is -0.352 e. The average molecular weight is 350 g/mol. The largest absolute Gasteiger partial charge is 0.352 e. The minimum atomic E-state index is -0.290. The van der Waals surface area contributed by atoms with E-state index in [1.165, 1.54) is 18.2 Å². The van der Waals surface area contributed by atoms with Crippen LogP contribution in [0.4, 0.5) is 4.39 Å². The van der Waals surface area contributed by atoms with Crippen LogP contribution in [0.1, 0.15) is 11.1 Å². The molecule has 5 heteroatoms. The van der Waals surface area contributed by atoms with Crippen molar-refractivity contribution in [1.29, 1.82) is 0 Å². The standard InChI is InChI=1S/C18H17ClFNOS/c19-17-4-2-1-3-15(17)13-23-12-11-21-18(22)10-7-14-5-8-16(20)9-6-14/h1-10H,11-13H2,(H,21,22). The molecule has 2 aromatic rings. The predicted molar refractivity (Wildman–Crippen MR) is 96.1 cm³/mol. The Labute approximate surface area is 144 Å². The van der Waals surface area contributed by atoms with Crippen molar-refractivity contribution in [1.82, 2.24) is 5.32 Å². The molecule has 2 aromatic carbocycles. The van der Waals surface area contributed by atoms with Crippen LogP contribution in [0.15, 0.2) is 54.6 Å². The summed E-state index contributed by atoms with van der Waals surface area (Å²) in [6, 6.07) is 13.7. The number of thioether (sulfide) groups is 1. The van der Waals surface area contributed by atoms with E-state index < -0.39 is 0 Å². The summed E-state index contributed by atoms with van der Waals surface area (Å²) < 4.78 is 12.8. The maximum Gasteiger partial charge on any atom is 0.244 e. The zero-order chi connectivity index (χ0) is 16.5. The van der Waals surface area contributed by atoms with Crippen molar-refractivity contribution in [2.24, 2.45) is 0 Å². The molecule has 0 atom stereocenters. The third kappa shape index (κ3) is 6.47. The number of carbonyl (C=O) groups is 1. The number of hydrogen-bond acceptors (Lipinski definition) is 2. The maximum atomic E-state index is 12.8. The van der Waals surface area contributed by atoms with Crippen LogP contribution in [0.2, 0.25) is 5.02 Å². The molecule has 0 bridgehead atoms. The summed E-state index contributed by atoms with van der Waals surface area (Å²) in [4.78, 5) is 11.7. The molecule has 0 saturated carbocycles. The van der Waals surface area contributed by atoms with Crippen LogP contribution in [0.3, 0.4) is 0 Å². The highest BCUT2D eigenvalue weighted by Crippen LogP contribution is 2.20. The van der Waals surface area contributed by atoms with Gasteiger partial charge in [-0.25, -0.2) is 4.39 Å². The highest BCUT2D eigenvalue weighted by molar-refractivity contribution is 7.98. The fraction of sp³-hybridized carbons (Fsp3) is 0.167. The first-order valence-electron chi connectivity index (χ1n) is 7.18. The molecule has 0 aliphatic carbocycles. The molecular weight excluding hydrogens is 333 g/mol. The van der Waals surface area contributed by atoms with Gasteiger partial charge in [0.15, 0.2) is 0 Å². The molecule has 0 aliphatic heterocycles. The van der Waals surface area contributed by atoms with Gasteiger partial charge in [0.25, 0.3) is 0 Å².